The van der Waals surface area contributed by atoms with Crippen molar-refractivity contribution < 1.29 is 14.0 Å². The van der Waals surface area contributed by atoms with E-state index in [1.807, 2.05) is 17.0 Å². The minimum Gasteiger partial charge on any atom is -0.459 e. The fourth-order valence-corrected chi connectivity index (χ4v) is 4.39. The number of aromatic amines is 1. The Morgan fingerprint density at radius 1 is 1.37 bits per heavy atom. The number of hydrogen-bond donors (Lipinski definition) is 2. The fraction of sp³-hybridized carbons (Fsp3) is 0.316. The number of carbonyl (C=O) groups excluding carboxylic acids is 2. The second-order valence-corrected chi connectivity index (χ2v) is 7.53. The lowest BCUT2D eigenvalue weighted by molar-refractivity contribution is 0.0705. The molecule has 2 amide bonds. The van der Waals surface area contributed by atoms with Crippen LogP contribution in [0.15, 0.2) is 47.5 Å². The molecule has 0 unspecified atom stereocenters. The molecule has 2 N–H and O–H groups in total. The van der Waals surface area contributed by atoms with Crippen molar-refractivity contribution in [1.29, 1.82) is 0 Å². The molecule has 0 radical (unpaired) electrons. The molecule has 0 aromatic carbocycles. The van der Waals surface area contributed by atoms with Crippen LogP contribution in [0.4, 0.5) is 0 Å². The number of nitrogens with zero attached hydrogens (tertiary/aromatic N) is 2. The first-order chi connectivity index (χ1) is 13.2. The van der Waals surface area contributed by atoms with Gasteiger partial charge in [-0.25, -0.2) is 4.98 Å². The Morgan fingerprint density at radius 3 is 3.07 bits per heavy atom. The Labute approximate surface area is 160 Å². The summed E-state index contributed by atoms with van der Waals surface area (Å²) in [4.78, 5) is 35.5. The van der Waals surface area contributed by atoms with E-state index in [-0.39, 0.29) is 17.9 Å². The van der Waals surface area contributed by atoms with Crippen LogP contribution in [0.5, 0.6) is 0 Å². The molecular formula is C19H20N4O3S. The average molecular weight is 384 g/mol. The lowest BCUT2D eigenvalue weighted by atomic mass is 10.2. The monoisotopic (exact) mass is 384 g/mol. The summed E-state index contributed by atoms with van der Waals surface area (Å²) in [7, 11) is 0. The van der Waals surface area contributed by atoms with Gasteiger partial charge in [0.25, 0.3) is 11.8 Å². The van der Waals surface area contributed by atoms with Gasteiger partial charge in [0.05, 0.1) is 23.5 Å². The number of rotatable bonds is 6. The van der Waals surface area contributed by atoms with Gasteiger partial charge in [0.2, 0.25) is 0 Å². The molecule has 4 heterocycles. The standard InChI is InChI=1S/C19H20N4O3S/c24-18(21-8-7-13-11-20-12-22-13)17-6-5-16(27-17)14-3-1-9-23(14)19(25)15-4-2-10-26-15/h2,4-6,10-12,14H,1,3,7-9H2,(H,20,22)(H,21,24)/t14-/m1/s1. The third kappa shape index (κ3) is 3.80. The molecule has 7 nitrogen and oxygen atoms in total. The molecule has 1 aliphatic rings. The molecule has 0 spiro atoms. The number of likely N-dealkylation sites (tertiary alicyclic amines) is 1. The lowest BCUT2D eigenvalue weighted by Gasteiger charge is -2.22. The Kier molecular flexibility index (Phi) is 5.06. The summed E-state index contributed by atoms with van der Waals surface area (Å²) in [6, 6.07) is 7.19. The third-order valence-electron chi connectivity index (χ3n) is 4.66. The summed E-state index contributed by atoms with van der Waals surface area (Å²) in [5.74, 6) is 0.171. The van der Waals surface area contributed by atoms with E-state index in [9.17, 15) is 9.59 Å². The fourth-order valence-electron chi connectivity index (χ4n) is 3.32. The summed E-state index contributed by atoms with van der Waals surface area (Å²) < 4.78 is 5.25. The summed E-state index contributed by atoms with van der Waals surface area (Å²) >= 11 is 1.45. The molecule has 1 atom stereocenters. The highest BCUT2D eigenvalue weighted by atomic mass is 32.1. The second-order valence-electron chi connectivity index (χ2n) is 6.42. The molecule has 4 rings (SSSR count). The zero-order chi connectivity index (χ0) is 18.6. The largest absolute Gasteiger partial charge is 0.459 e. The van der Waals surface area contributed by atoms with Gasteiger partial charge in [-0.15, -0.1) is 11.3 Å². The van der Waals surface area contributed by atoms with E-state index in [2.05, 4.69) is 15.3 Å². The van der Waals surface area contributed by atoms with Crippen LogP contribution in [0.1, 0.15) is 49.7 Å². The number of hydrogen-bond acceptors (Lipinski definition) is 5. The van der Waals surface area contributed by atoms with Crippen molar-refractivity contribution in [2.75, 3.05) is 13.1 Å². The van der Waals surface area contributed by atoms with E-state index in [1.54, 1.807) is 24.7 Å². The molecule has 1 saturated heterocycles. The van der Waals surface area contributed by atoms with Crippen molar-refractivity contribution in [2.24, 2.45) is 0 Å². The van der Waals surface area contributed by atoms with Gasteiger partial charge in [-0.1, -0.05) is 0 Å². The summed E-state index contributed by atoms with van der Waals surface area (Å²) in [6.07, 6.45) is 7.43. The minimum atomic E-state index is -0.0959. The van der Waals surface area contributed by atoms with Gasteiger partial charge in [-0.3, -0.25) is 9.59 Å². The van der Waals surface area contributed by atoms with Crippen molar-refractivity contribution in [3.8, 4) is 0 Å². The molecule has 0 bridgehead atoms. The van der Waals surface area contributed by atoms with Crippen molar-refractivity contribution in [3.05, 3.63) is 64.3 Å². The van der Waals surface area contributed by atoms with Crippen LogP contribution in [0.25, 0.3) is 0 Å². The Balaban J connectivity index is 1.39. The highest BCUT2D eigenvalue weighted by molar-refractivity contribution is 7.14. The zero-order valence-corrected chi connectivity index (χ0v) is 15.5. The minimum absolute atomic E-state index is 0.000793. The number of thiophene rings is 1. The maximum Gasteiger partial charge on any atom is 0.290 e. The molecule has 3 aromatic heterocycles. The van der Waals surface area contributed by atoms with Gasteiger partial charge in [-0.2, -0.15) is 0 Å². The van der Waals surface area contributed by atoms with Crippen LogP contribution in [-0.4, -0.2) is 39.8 Å². The van der Waals surface area contributed by atoms with Crippen molar-refractivity contribution in [2.45, 2.75) is 25.3 Å². The molecule has 0 saturated carbocycles. The summed E-state index contributed by atoms with van der Waals surface area (Å²) in [5.41, 5.74) is 0.986. The number of carbonyl (C=O) groups is 2. The number of amides is 2. The van der Waals surface area contributed by atoms with E-state index >= 15 is 0 Å². The maximum absolute atomic E-state index is 12.6. The van der Waals surface area contributed by atoms with E-state index in [0.29, 0.717) is 30.1 Å². The van der Waals surface area contributed by atoms with E-state index in [4.69, 9.17) is 4.42 Å². The maximum atomic E-state index is 12.6. The summed E-state index contributed by atoms with van der Waals surface area (Å²) in [6.45, 7) is 1.24. The SMILES string of the molecule is O=C(NCCc1cnc[nH]1)c1ccc([C@H]2CCCN2C(=O)c2ccco2)s1. The second kappa shape index (κ2) is 7.79. The molecule has 1 fully saturated rings. The average Bonchev–Trinajstić information content (AvgIpc) is 3.49. The topological polar surface area (TPSA) is 91.2 Å². The van der Waals surface area contributed by atoms with Crippen LogP contribution in [0, 0.1) is 0 Å². The molecule has 3 aromatic rings. The predicted octanol–water partition coefficient (Wildman–Crippen LogP) is 3.01. The number of imidazole rings is 1. The smallest absolute Gasteiger partial charge is 0.290 e. The molecule has 140 valence electrons. The molecule has 1 aliphatic heterocycles. The first-order valence-electron chi connectivity index (χ1n) is 8.92. The van der Waals surface area contributed by atoms with Crippen molar-refractivity contribution >= 4 is 23.2 Å². The first kappa shape index (κ1) is 17.5. The Morgan fingerprint density at radius 2 is 2.30 bits per heavy atom. The van der Waals surface area contributed by atoms with Crippen LogP contribution >= 0.6 is 11.3 Å². The van der Waals surface area contributed by atoms with Crippen LogP contribution < -0.4 is 5.32 Å². The van der Waals surface area contributed by atoms with Crippen molar-refractivity contribution in [3.63, 3.8) is 0 Å². The van der Waals surface area contributed by atoms with Gasteiger partial charge in [0.1, 0.15) is 0 Å². The highest BCUT2D eigenvalue weighted by Crippen LogP contribution is 2.36. The zero-order valence-electron chi connectivity index (χ0n) is 14.7. The number of nitrogens with one attached hydrogen (secondary N) is 2. The Bertz CT molecular complexity index is 901. The van der Waals surface area contributed by atoms with E-state index in [0.717, 1.165) is 23.4 Å². The molecular weight excluding hydrogens is 364 g/mol. The highest BCUT2D eigenvalue weighted by Gasteiger charge is 2.33. The quantitative estimate of drug-likeness (QED) is 0.683. The van der Waals surface area contributed by atoms with Crippen molar-refractivity contribution in [1.82, 2.24) is 20.2 Å². The van der Waals surface area contributed by atoms with E-state index < -0.39 is 0 Å². The Hall–Kier alpha value is -2.87. The third-order valence-corrected chi connectivity index (χ3v) is 5.84. The number of aromatic nitrogens is 2. The summed E-state index contributed by atoms with van der Waals surface area (Å²) in [5, 5.41) is 2.93. The molecule has 8 heteroatoms. The van der Waals surface area contributed by atoms with Crippen LogP contribution in [0.3, 0.4) is 0 Å². The normalized spacial score (nSPS) is 16.6. The molecule has 0 aliphatic carbocycles. The first-order valence-corrected chi connectivity index (χ1v) is 9.73. The van der Waals surface area contributed by atoms with Gasteiger partial charge < -0.3 is 19.6 Å². The predicted molar refractivity (Wildman–Crippen MR) is 101 cm³/mol. The van der Waals surface area contributed by atoms with E-state index in [1.165, 1.54) is 17.6 Å². The lowest BCUT2D eigenvalue weighted by Crippen LogP contribution is -2.29. The number of H-pyrrole nitrogens is 1. The molecule has 27 heavy (non-hydrogen) atoms. The van der Waals surface area contributed by atoms with Gasteiger partial charge in [0, 0.05) is 36.3 Å². The van der Waals surface area contributed by atoms with Gasteiger partial charge in [0.15, 0.2) is 5.76 Å². The van der Waals surface area contributed by atoms with Gasteiger partial charge >= 0.3 is 0 Å². The van der Waals surface area contributed by atoms with Crippen LogP contribution in [0.2, 0.25) is 0 Å². The number of furan rings is 1. The van der Waals surface area contributed by atoms with Gasteiger partial charge in [-0.05, 0) is 37.1 Å². The van der Waals surface area contributed by atoms with Crippen LogP contribution in [-0.2, 0) is 6.42 Å².